The van der Waals surface area contributed by atoms with Crippen LogP contribution in [0.15, 0.2) is 78.9 Å². The Labute approximate surface area is 157 Å². The number of benzene rings is 3. The van der Waals surface area contributed by atoms with Gasteiger partial charge >= 0.3 is 0 Å². The molecule has 5 rings (SSSR count). The van der Waals surface area contributed by atoms with Gasteiger partial charge in [-0.15, -0.1) is 0 Å². The minimum Gasteiger partial charge on any atom is -0.340 e. The average Bonchev–Trinajstić information content (AvgIpc) is 3.04. The molecule has 1 aromatic heterocycles. The summed E-state index contributed by atoms with van der Waals surface area (Å²) in [5.41, 5.74) is 6.73. The molecule has 4 aromatic rings. The first-order valence-electron chi connectivity index (χ1n) is 9.08. The fourth-order valence-electron chi connectivity index (χ4n) is 3.93. The zero-order valence-electron chi connectivity index (χ0n) is 14.9. The lowest BCUT2D eigenvalue weighted by atomic mass is 9.89. The number of nitrogens with one attached hydrogen (secondary N) is 1. The van der Waals surface area contributed by atoms with Crippen LogP contribution in [0.4, 0.5) is 0 Å². The molecule has 130 valence electrons. The second kappa shape index (κ2) is 6.06. The molecule has 0 spiro atoms. The number of amides is 1. The minimum atomic E-state index is -0.192. The highest BCUT2D eigenvalue weighted by Gasteiger charge is 2.35. The Hall–Kier alpha value is -3.46. The molecule has 0 saturated carbocycles. The van der Waals surface area contributed by atoms with Gasteiger partial charge in [-0.05, 0) is 35.2 Å². The lowest BCUT2D eigenvalue weighted by Crippen LogP contribution is -2.20. The largest absolute Gasteiger partial charge is 0.340 e. The Bertz CT molecular complexity index is 1170. The molecule has 0 fully saturated rings. The standard InChI is InChI=1S/C24H18N2O/c1-15-12-13-18-19(14-15)25-23-21(20(18)16-8-4-2-5-9-16)22(26-24(23)27)17-10-6-3-7-11-17/h2-14,22H,1H3,(H,26,27)/t22-/m0/s1. The number of fused-ring (bicyclic) bond motifs is 2. The van der Waals surface area contributed by atoms with Crippen molar-refractivity contribution in [1.82, 2.24) is 10.3 Å². The van der Waals surface area contributed by atoms with Crippen molar-refractivity contribution in [3.63, 3.8) is 0 Å². The molecule has 1 aliphatic heterocycles. The maximum Gasteiger partial charge on any atom is 0.271 e. The molecular weight excluding hydrogens is 332 g/mol. The summed E-state index contributed by atoms with van der Waals surface area (Å²) in [5, 5.41) is 4.21. The predicted octanol–water partition coefficient (Wildman–Crippen LogP) is 5.04. The van der Waals surface area contributed by atoms with E-state index >= 15 is 0 Å². The van der Waals surface area contributed by atoms with Crippen molar-refractivity contribution in [3.8, 4) is 11.1 Å². The fourth-order valence-corrected chi connectivity index (χ4v) is 3.93. The topological polar surface area (TPSA) is 42.0 Å². The van der Waals surface area contributed by atoms with Crippen LogP contribution in [0.5, 0.6) is 0 Å². The van der Waals surface area contributed by atoms with E-state index in [9.17, 15) is 4.79 Å². The van der Waals surface area contributed by atoms with Crippen LogP contribution in [0, 0.1) is 6.92 Å². The van der Waals surface area contributed by atoms with Crippen LogP contribution in [-0.2, 0) is 0 Å². The number of carbonyl (C=O) groups is 1. The van der Waals surface area contributed by atoms with Gasteiger partial charge in [0.2, 0.25) is 0 Å². The zero-order valence-corrected chi connectivity index (χ0v) is 14.9. The molecular formula is C24H18N2O. The van der Waals surface area contributed by atoms with Gasteiger partial charge < -0.3 is 5.32 Å². The lowest BCUT2D eigenvalue weighted by molar-refractivity contribution is 0.0956. The molecule has 2 heterocycles. The second-order valence-electron chi connectivity index (χ2n) is 6.95. The number of nitrogens with zero attached hydrogens (tertiary/aromatic N) is 1. The van der Waals surface area contributed by atoms with Crippen LogP contribution in [0.3, 0.4) is 0 Å². The third-order valence-corrected chi connectivity index (χ3v) is 5.15. The van der Waals surface area contributed by atoms with E-state index in [1.807, 2.05) is 61.5 Å². The number of pyridine rings is 1. The summed E-state index contributed by atoms with van der Waals surface area (Å²) >= 11 is 0. The molecule has 0 bridgehead atoms. The minimum absolute atomic E-state index is 0.112. The van der Waals surface area contributed by atoms with E-state index in [2.05, 4.69) is 29.6 Å². The number of carbonyl (C=O) groups excluding carboxylic acids is 1. The Kier molecular flexibility index (Phi) is 3.54. The maximum atomic E-state index is 12.8. The summed E-state index contributed by atoms with van der Waals surface area (Å²) in [6.45, 7) is 2.05. The van der Waals surface area contributed by atoms with Crippen LogP contribution < -0.4 is 5.32 Å². The summed E-state index contributed by atoms with van der Waals surface area (Å²) in [6.07, 6.45) is 0. The molecule has 0 radical (unpaired) electrons. The van der Waals surface area contributed by atoms with Crippen molar-refractivity contribution >= 4 is 16.8 Å². The smallest absolute Gasteiger partial charge is 0.271 e. The number of aryl methyl sites for hydroxylation is 1. The molecule has 0 unspecified atom stereocenters. The molecule has 3 heteroatoms. The van der Waals surface area contributed by atoms with Gasteiger partial charge in [-0.1, -0.05) is 72.8 Å². The second-order valence-corrected chi connectivity index (χ2v) is 6.95. The van der Waals surface area contributed by atoms with Crippen molar-refractivity contribution < 1.29 is 4.79 Å². The van der Waals surface area contributed by atoms with E-state index in [1.54, 1.807) is 0 Å². The van der Waals surface area contributed by atoms with Crippen molar-refractivity contribution in [2.24, 2.45) is 0 Å². The lowest BCUT2D eigenvalue weighted by Gasteiger charge is -2.18. The highest BCUT2D eigenvalue weighted by Crippen LogP contribution is 2.41. The Morgan fingerprint density at radius 2 is 1.59 bits per heavy atom. The van der Waals surface area contributed by atoms with E-state index in [1.165, 1.54) is 0 Å². The molecule has 1 amide bonds. The van der Waals surface area contributed by atoms with Gasteiger partial charge in [0.15, 0.2) is 0 Å². The quantitative estimate of drug-likeness (QED) is 0.550. The van der Waals surface area contributed by atoms with Gasteiger partial charge in [0.1, 0.15) is 5.69 Å². The van der Waals surface area contributed by atoms with E-state index in [0.29, 0.717) is 5.69 Å². The van der Waals surface area contributed by atoms with Crippen molar-refractivity contribution in [1.29, 1.82) is 0 Å². The first-order chi connectivity index (χ1) is 13.2. The molecule has 3 aromatic carbocycles. The molecule has 0 aliphatic carbocycles. The number of aromatic nitrogens is 1. The summed E-state index contributed by atoms with van der Waals surface area (Å²) < 4.78 is 0. The van der Waals surface area contributed by atoms with E-state index in [0.717, 1.165) is 38.7 Å². The van der Waals surface area contributed by atoms with Gasteiger partial charge in [0.25, 0.3) is 5.91 Å². The van der Waals surface area contributed by atoms with Gasteiger partial charge in [0, 0.05) is 10.9 Å². The van der Waals surface area contributed by atoms with Gasteiger partial charge in [-0.25, -0.2) is 4.98 Å². The first kappa shape index (κ1) is 15.8. The highest BCUT2D eigenvalue weighted by atomic mass is 16.2. The van der Waals surface area contributed by atoms with Crippen LogP contribution in [0.1, 0.15) is 33.2 Å². The molecule has 1 N–H and O–H groups in total. The Morgan fingerprint density at radius 1 is 0.889 bits per heavy atom. The van der Waals surface area contributed by atoms with Crippen LogP contribution >= 0.6 is 0 Å². The van der Waals surface area contributed by atoms with Gasteiger partial charge in [0.05, 0.1) is 11.6 Å². The number of rotatable bonds is 2. The summed E-state index contributed by atoms with van der Waals surface area (Å²) in [6, 6.07) is 26.4. The third-order valence-electron chi connectivity index (χ3n) is 5.15. The van der Waals surface area contributed by atoms with Gasteiger partial charge in [-0.3, -0.25) is 4.79 Å². The summed E-state index contributed by atoms with van der Waals surface area (Å²) in [5.74, 6) is -0.112. The SMILES string of the molecule is Cc1ccc2c(-c3ccccc3)c3c(nc2c1)C(=O)N[C@H]3c1ccccc1. The normalized spacial score (nSPS) is 15.6. The number of hydrogen-bond acceptors (Lipinski definition) is 2. The van der Waals surface area contributed by atoms with Crippen molar-refractivity contribution in [2.45, 2.75) is 13.0 Å². The van der Waals surface area contributed by atoms with Crippen molar-refractivity contribution in [3.05, 3.63) is 101 Å². The van der Waals surface area contributed by atoms with Crippen LogP contribution in [-0.4, -0.2) is 10.9 Å². The van der Waals surface area contributed by atoms with E-state index < -0.39 is 0 Å². The monoisotopic (exact) mass is 350 g/mol. The molecule has 1 atom stereocenters. The van der Waals surface area contributed by atoms with Crippen LogP contribution in [0.25, 0.3) is 22.0 Å². The summed E-state index contributed by atoms with van der Waals surface area (Å²) in [4.78, 5) is 17.5. The van der Waals surface area contributed by atoms with E-state index in [-0.39, 0.29) is 11.9 Å². The maximum absolute atomic E-state index is 12.8. The van der Waals surface area contributed by atoms with E-state index in [4.69, 9.17) is 4.98 Å². The zero-order chi connectivity index (χ0) is 18.4. The molecule has 27 heavy (non-hydrogen) atoms. The molecule has 1 aliphatic rings. The highest BCUT2D eigenvalue weighted by molar-refractivity contribution is 6.07. The van der Waals surface area contributed by atoms with Crippen molar-refractivity contribution in [2.75, 3.05) is 0 Å². The fraction of sp³-hybridized carbons (Fsp3) is 0.0833. The third kappa shape index (κ3) is 2.51. The first-order valence-corrected chi connectivity index (χ1v) is 9.08. The molecule has 0 saturated heterocycles. The Morgan fingerprint density at radius 3 is 2.33 bits per heavy atom. The number of hydrogen-bond donors (Lipinski definition) is 1. The summed E-state index contributed by atoms with van der Waals surface area (Å²) in [7, 11) is 0. The van der Waals surface area contributed by atoms with Crippen LogP contribution in [0.2, 0.25) is 0 Å². The average molecular weight is 350 g/mol. The predicted molar refractivity (Wildman–Crippen MR) is 108 cm³/mol. The molecule has 3 nitrogen and oxygen atoms in total. The van der Waals surface area contributed by atoms with Gasteiger partial charge in [-0.2, -0.15) is 0 Å². The Balaban J connectivity index is 1.89.